The molecule has 20 heavy (non-hydrogen) atoms. The van der Waals surface area contributed by atoms with Crippen LogP contribution < -0.4 is 15.5 Å². The molecule has 0 amide bonds. The number of para-hydroxylation sites is 2. The maximum atomic E-state index is 7.41. The van der Waals surface area contributed by atoms with E-state index in [0.717, 1.165) is 24.6 Å². The van der Waals surface area contributed by atoms with E-state index in [9.17, 15) is 0 Å². The van der Waals surface area contributed by atoms with Crippen LogP contribution in [0.15, 0.2) is 42.6 Å². The normalized spacial score (nSPS) is 14.1. The zero-order valence-electron chi connectivity index (χ0n) is 11.4. The van der Waals surface area contributed by atoms with E-state index in [4.69, 9.17) is 11.1 Å². The number of nitrogens with zero attached hydrogens (tertiary/aromatic N) is 3. The van der Waals surface area contributed by atoms with Crippen molar-refractivity contribution in [2.75, 3.05) is 29.9 Å². The third-order valence-corrected chi connectivity index (χ3v) is 3.58. The van der Waals surface area contributed by atoms with E-state index in [1.807, 2.05) is 24.3 Å². The van der Waals surface area contributed by atoms with Gasteiger partial charge in [-0.1, -0.05) is 12.1 Å². The maximum absolute atomic E-state index is 7.41. The Hall–Kier alpha value is -2.56. The van der Waals surface area contributed by atoms with Crippen molar-refractivity contribution in [2.45, 2.75) is 0 Å². The minimum absolute atomic E-state index is 0.0443. The molecule has 3 N–H and O–H groups in total. The van der Waals surface area contributed by atoms with Crippen LogP contribution in [0.5, 0.6) is 0 Å². The zero-order valence-corrected chi connectivity index (χ0v) is 11.4. The Balaban J connectivity index is 1.99. The van der Waals surface area contributed by atoms with Gasteiger partial charge in [-0.15, -0.1) is 0 Å². The average molecular weight is 267 g/mol. The predicted octanol–water partition coefficient (Wildman–Crippen LogP) is 1.95. The third kappa shape index (κ3) is 2.07. The van der Waals surface area contributed by atoms with Crippen molar-refractivity contribution in [2.24, 2.45) is 5.73 Å². The maximum Gasteiger partial charge on any atom is 0.133 e. The summed E-state index contributed by atoms with van der Waals surface area (Å²) in [5.41, 5.74) is 8.47. The number of fused-ring (bicyclic) bond motifs is 1. The lowest BCUT2D eigenvalue weighted by Crippen LogP contribution is -2.36. The molecule has 0 atom stereocenters. The number of hydrogen-bond donors (Lipinski definition) is 2. The number of rotatable bonds is 2. The second kappa shape index (κ2) is 4.85. The molecule has 5 heteroatoms. The van der Waals surface area contributed by atoms with Gasteiger partial charge in [-0.05, 0) is 24.3 Å². The molecule has 0 aliphatic carbocycles. The number of nitrogens with one attached hydrogen (secondary N) is 1. The predicted molar refractivity (Wildman–Crippen MR) is 82.0 cm³/mol. The number of aromatic nitrogens is 1. The van der Waals surface area contributed by atoms with Gasteiger partial charge in [0, 0.05) is 31.9 Å². The van der Waals surface area contributed by atoms with E-state index in [1.165, 1.54) is 5.69 Å². The van der Waals surface area contributed by atoms with E-state index >= 15 is 0 Å². The molecule has 2 heterocycles. The fraction of sp³-hybridized carbons (Fsp3) is 0.200. The molecule has 1 aromatic heterocycles. The highest BCUT2D eigenvalue weighted by atomic mass is 15.3. The SMILES string of the molecule is CN1CCN(c2ccc(C(=N)N)cn2)c2ccccc21. The minimum atomic E-state index is 0.0443. The first-order valence-corrected chi connectivity index (χ1v) is 6.55. The van der Waals surface area contributed by atoms with Crippen molar-refractivity contribution < 1.29 is 0 Å². The van der Waals surface area contributed by atoms with Crippen LogP contribution in [0.3, 0.4) is 0 Å². The molecule has 0 saturated heterocycles. The van der Waals surface area contributed by atoms with Gasteiger partial charge in [-0.25, -0.2) is 4.98 Å². The molecule has 1 aromatic carbocycles. The highest BCUT2D eigenvalue weighted by Crippen LogP contribution is 2.35. The standard InChI is InChI=1S/C15H17N5/c1-19-8-9-20(13-5-3-2-4-12(13)19)14-7-6-11(10-18-14)15(16)17/h2-7,10H,8-9H2,1H3,(H3,16,17). The van der Waals surface area contributed by atoms with E-state index in [-0.39, 0.29) is 5.84 Å². The van der Waals surface area contributed by atoms with Crippen LogP contribution >= 0.6 is 0 Å². The summed E-state index contributed by atoms with van der Waals surface area (Å²) >= 11 is 0. The highest BCUT2D eigenvalue weighted by molar-refractivity contribution is 5.94. The molecule has 1 aliphatic heterocycles. The molecule has 0 bridgehead atoms. The Kier molecular flexibility index (Phi) is 3.02. The third-order valence-electron chi connectivity index (χ3n) is 3.58. The highest BCUT2D eigenvalue weighted by Gasteiger charge is 2.21. The Morgan fingerprint density at radius 1 is 1.15 bits per heavy atom. The van der Waals surface area contributed by atoms with Crippen LogP contribution in [0, 0.1) is 5.41 Å². The Morgan fingerprint density at radius 3 is 2.55 bits per heavy atom. The smallest absolute Gasteiger partial charge is 0.133 e. The first-order chi connectivity index (χ1) is 9.66. The fourth-order valence-corrected chi connectivity index (χ4v) is 2.45. The van der Waals surface area contributed by atoms with Crippen LogP contribution in [0.25, 0.3) is 0 Å². The van der Waals surface area contributed by atoms with Gasteiger partial charge in [0.2, 0.25) is 0 Å². The molecule has 3 rings (SSSR count). The number of nitrogens with two attached hydrogens (primary N) is 1. The van der Waals surface area contributed by atoms with Gasteiger partial charge in [0.25, 0.3) is 0 Å². The lowest BCUT2D eigenvalue weighted by molar-refractivity contribution is 0.813. The molecule has 102 valence electrons. The molecule has 2 aromatic rings. The number of pyridine rings is 1. The zero-order chi connectivity index (χ0) is 14.1. The average Bonchev–Trinajstić information content (AvgIpc) is 2.48. The van der Waals surface area contributed by atoms with Gasteiger partial charge in [0.05, 0.1) is 11.4 Å². The van der Waals surface area contributed by atoms with E-state index in [0.29, 0.717) is 5.56 Å². The first-order valence-electron chi connectivity index (χ1n) is 6.55. The molecule has 5 nitrogen and oxygen atoms in total. The first kappa shape index (κ1) is 12.5. The monoisotopic (exact) mass is 267 g/mol. The second-order valence-corrected chi connectivity index (χ2v) is 4.88. The Bertz CT molecular complexity index is 635. The number of hydrogen-bond acceptors (Lipinski definition) is 4. The lowest BCUT2D eigenvalue weighted by Gasteiger charge is -2.36. The quantitative estimate of drug-likeness (QED) is 0.644. The Morgan fingerprint density at radius 2 is 1.90 bits per heavy atom. The van der Waals surface area contributed by atoms with E-state index < -0.39 is 0 Å². The summed E-state index contributed by atoms with van der Waals surface area (Å²) < 4.78 is 0. The van der Waals surface area contributed by atoms with Gasteiger partial charge in [-0.2, -0.15) is 0 Å². The van der Waals surface area contributed by atoms with Gasteiger partial charge in [-0.3, -0.25) is 5.41 Å². The van der Waals surface area contributed by atoms with Crippen molar-refractivity contribution in [1.82, 2.24) is 4.98 Å². The minimum Gasteiger partial charge on any atom is -0.384 e. The largest absolute Gasteiger partial charge is 0.384 e. The van der Waals surface area contributed by atoms with Gasteiger partial charge in [0.15, 0.2) is 0 Å². The number of amidine groups is 1. The van der Waals surface area contributed by atoms with Crippen molar-refractivity contribution in [1.29, 1.82) is 5.41 Å². The van der Waals surface area contributed by atoms with E-state index in [2.05, 4.69) is 34.0 Å². The summed E-state index contributed by atoms with van der Waals surface area (Å²) in [6.45, 7) is 1.84. The van der Waals surface area contributed by atoms with Crippen molar-refractivity contribution >= 4 is 23.0 Å². The summed E-state index contributed by atoms with van der Waals surface area (Å²) in [7, 11) is 2.10. The molecule has 0 spiro atoms. The summed E-state index contributed by atoms with van der Waals surface area (Å²) in [6.07, 6.45) is 1.65. The van der Waals surface area contributed by atoms with Gasteiger partial charge in [0.1, 0.15) is 11.7 Å². The number of nitrogen functional groups attached to an aromatic ring is 1. The van der Waals surface area contributed by atoms with Gasteiger partial charge < -0.3 is 15.5 Å². The second-order valence-electron chi connectivity index (χ2n) is 4.88. The molecular formula is C15H17N5. The fourth-order valence-electron chi connectivity index (χ4n) is 2.45. The van der Waals surface area contributed by atoms with Crippen LogP contribution in [0.4, 0.5) is 17.2 Å². The topological polar surface area (TPSA) is 69.2 Å². The summed E-state index contributed by atoms with van der Waals surface area (Å²) in [5, 5.41) is 7.41. The summed E-state index contributed by atoms with van der Waals surface area (Å²) in [6, 6.07) is 12.1. The Labute approximate surface area is 118 Å². The van der Waals surface area contributed by atoms with E-state index in [1.54, 1.807) is 6.20 Å². The van der Waals surface area contributed by atoms with Crippen molar-refractivity contribution in [3.05, 3.63) is 48.2 Å². The van der Waals surface area contributed by atoms with Crippen LogP contribution in [-0.4, -0.2) is 31.0 Å². The van der Waals surface area contributed by atoms with Crippen molar-refractivity contribution in [3.8, 4) is 0 Å². The molecule has 0 unspecified atom stereocenters. The summed E-state index contributed by atoms with van der Waals surface area (Å²) in [5.74, 6) is 0.929. The van der Waals surface area contributed by atoms with Crippen LogP contribution in [0.2, 0.25) is 0 Å². The summed E-state index contributed by atoms with van der Waals surface area (Å²) in [4.78, 5) is 8.87. The number of anilines is 3. The number of benzene rings is 1. The molecule has 0 saturated carbocycles. The van der Waals surface area contributed by atoms with Gasteiger partial charge >= 0.3 is 0 Å². The molecule has 0 fully saturated rings. The number of likely N-dealkylation sites (N-methyl/N-ethyl adjacent to an activating group) is 1. The van der Waals surface area contributed by atoms with Crippen LogP contribution in [-0.2, 0) is 0 Å². The molecular weight excluding hydrogens is 250 g/mol. The lowest BCUT2D eigenvalue weighted by atomic mass is 10.1. The van der Waals surface area contributed by atoms with Crippen molar-refractivity contribution in [3.63, 3.8) is 0 Å². The van der Waals surface area contributed by atoms with Crippen LogP contribution in [0.1, 0.15) is 5.56 Å². The molecule has 0 radical (unpaired) electrons. The molecule has 1 aliphatic rings.